The van der Waals surface area contributed by atoms with Crippen molar-refractivity contribution >= 4 is 60.8 Å². The van der Waals surface area contributed by atoms with Crippen LogP contribution in [0.15, 0.2) is 0 Å². The molecule has 0 spiro atoms. The molecule has 0 aromatic heterocycles. The molecule has 5 heteroatoms. The number of unbranched alkanes of at least 4 members (excludes halogenated alkanes) is 4. The van der Waals surface area contributed by atoms with E-state index in [1.807, 2.05) is 0 Å². The fraction of sp³-hybridized carbons (Fsp3) is 0.875. The van der Waals surface area contributed by atoms with Crippen LogP contribution >= 0.6 is 0 Å². The van der Waals surface area contributed by atoms with Gasteiger partial charge >= 0.3 is 60.8 Å². The van der Waals surface area contributed by atoms with Gasteiger partial charge in [-0.25, -0.2) is 0 Å². The molecule has 21 heavy (non-hydrogen) atoms. The Balaban J connectivity index is 0. The van der Waals surface area contributed by atoms with Gasteiger partial charge in [-0.2, -0.15) is 0 Å². The third-order valence-electron chi connectivity index (χ3n) is 4.00. The van der Waals surface area contributed by atoms with Gasteiger partial charge in [-0.3, -0.25) is 9.59 Å². The van der Waals surface area contributed by atoms with Crippen molar-refractivity contribution in [1.82, 2.24) is 0 Å². The summed E-state index contributed by atoms with van der Waals surface area (Å²) in [7, 11) is 0. The second-order valence-corrected chi connectivity index (χ2v) is 6.73. The van der Waals surface area contributed by atoms with Crippen molar-refractivity contribution in [2.45, 2.75) is 72.6 Å². The van der Waals surface area contributed by atoms with Crippen molar-refractivity contribution in [3.8, 4) is 0 Å². The van der Waals surface area contributed by atoms with Gasteiger partial charge in [0, 0.05) is 0 Å². The minimum absolute atomic E-state index is 0. The predicted molar refractivity (Wildman–Crippen MR) is 88.2 cm³/mol. The Morgan fingerprint density at radius 3 is 1.81 bits per heavy atom. The van der Waals surface area contributed by atoms with Gasteiger partial charge in [0.1, 0.15) is 0 Å². The van der Waals surface area contributed by atoms with Crippen molar-refractivity contribution in [2.75, 3.05) is 0 Å². The molecule has 0 heterocycles. The zero-order chi connectivity index (χ0) is 15.8. The second-order valence-electron chi connectivity index (χ2n) is 6.73. The molecule has 0 saturated carbocycles. The van der Waals surface area contributed by atoms with Gasteiger partial charge in [-0.15, -0.1) is 0 Å². The van der Waals surface area contributed by atoms with Crippen LogP contribution in [0, 0.1) is 17.3 Å². The summed E-state index contributed by atoms with van der Waals surface area (Å²) in [4.78, 5) is 22.1. The number of carboxylic acids is 2. The van der Waals surface area contributed by atoms with E-state index >= 15 is 0 Å². The van der Waals surface area contributed by atoms with E-state index in [0.29, 0.717) is 0 Å². The fourth-order valence-corrected chi connectivity index (χ4v) is 2.49. The van der Waals surface area contributed by atoms with Gasteiger partial charge in [-0.05, 0) is 24.2 Å². The van der Waals surface area contributed by atoms with Gasteiger partial charge in [0.05, 0.1) is 0 Å². The van der Waals surface area contributed by atoms with Crippen molar-refractivity contribution < 1.29 is 19.8 Å². The van der Waals surface area contributed by atoms with E-state index in [-0.39, 0.29) is 66.6 Å². The maximum absolute atomic E-state index is 11.0. The van der Waals surface area contributed by atoms with Crippen LogP contribution in [0.2, 0.25) is 0 Å². The molecule has 0 aromatic carbocycles. The number of aliphatic carboxylic acids is 2. The van der Waals surface area contributed by atoms with Crippen LogP contribution < -0.4 is 0 Å². The van der Waals surface area contributed by atoms with Crippen LogP contribution in [-0.2, 0) is 9.59 Å². The van der Waals surface area contributed by atoms with E-state index in [9.17, 15) is 9.59 Å². The number of carbonyl (C=O) groups is 2. The van der Waals surface area contributed by atoms with E-state index in [1.165, 1.54) is 19.3 Å². The summed E-state index contributed by atoms with van der Waals surface area (Å²) in [6, 6.07) is 0. The van der Waals surface area contributed by atoms with Crippen LogP contribution in [0.1, 0.15) is 72.6 Å². The molecule has 2 N–H and O–H groups in total. The first kappa shape index (κ1) is 23.8. The second kappa shape index (κ2) is 12.0. The third-order valence-corrected chi connectivity index (χ3v) is 4.00. The average Bonchev–Trinajstić information content (AvgIpc) is 2.29. The molecule has 0 rings (SSSR count). The maximum atomic E-state index is 11.0. The van der Waals surface area contributed by atoms with Gasteiger partial charge in [0.15, 0.2) is 5.92 Å². The summed E-state index contributed by atoms with van der Waals surface area (Å²) in [6.45, 7) is 8.35. The molecular weight excluding hydrogens is 394 g/mol. The summed E-state index contributed by atoms with van der Waals surface area (Å²) in [5, 5.41) is 18.0. The Bertz CT molecular complexity index is 296. The molecule has 0 aliphatic rings. The van der Waals surface area contributed by atoms with E-state index in [2.05, 4.69) is 27.7 Å². The van der Waals surface area contributed by atoms with Crippen molar-refractivity contribution in [3.63, 3.8) is 0 Å². The Morgan fingerprint density at radius 1 is 0.952 bits per heavy atom. The normalized spacial score (nSPS) is 12.8. The van der Waals surface area contributed by atoms with Crippen LogP contribution in [-0.4, -0.2) is 71.0 Å². The van der Waals surface area contributed by atoms with Crippen LogP contribution in [0.3, 0.4) is 0 Å². The van der Waals surface area contributed by atoms with Crippen LogP contribution in [0.4, 0.5) is 0 Å². The number of carboxylic acid groups (broad SMARTS) is 2. The fourth-order valence-electron chi connectivity index (χ4n) is 2.49. The standard InChI is InChI=1S/C16H30O4.Ba.2H/c1-5-6-7-8-9-10-12(16(2,3)4)11-13(14(17)18)15(19)20;;;/h12-13H,5-11H2,1-4H3,(H,17,18)(H,19,20);;;. The monoisotopic (exact) mass is 426 g/mol. The van der Waals surface area contributed by atoms with Gasteiger partial charge < -0.3 is 10.2 Å². The molecule has 122 valence electrons. The zero-order valence-corrected chi connectivity index (χ0v) is 13.3. The molecule has 0 aromatic rings. The Hall–Kier alpha value is 0.511. The first-order valence-electron chi connectivity index (χ1n) is 7.65. The van der Waals surface area contributed by atoms with Crippen LogP contribution in [0.5, 0.6) is 0 Å². The van der Waals surface area contributed by atoms with Crippen molar-refractivity contribution in [1.29, 1.82) is 0 Å². The van der Waals surface area contributed by atoms with E-state index in [0.717, 1.165) is 19.3 Å². The number of hydrogen-bond donors (Lipinski definition) is 2. The number of hydrogen-bond acceptors (Lipinski definition) is 2. The summed E-state index contributed by atoms with van der Waals surface area (Å²) >= 11 is 0. The Morgan fingerprint density at radius 2 is 1.43 bits per heavy atom. The third kappa shape index (κ3) is 10.8. The summed E-state index contributed by atoms with van der Waals surface area (Å²) in [6.07, 6.45) is 6.95. The van der Waals surface area contributed by atoms with Gasteiger partial charge in [0.25, 0.3) is 0 Å². The van der Waals surface area contributed by atoms with E-state index in [1.54, 1.807) is 0 Å². The minimum atomic E-state index is -1.28. The number of rotatable bonds is 10. The quantitative estimate of drug-likeness (QED) is 0.320. The molecule has 0 aliphatic carbocycles. The van der Waals surface area contributed by atoms with Gasteiger partial charge in [0.2, 0.25) is 0 Å². The first-order valence-corrected chi connectivity index (χ1v) is 7.65. The van der Waals surface area contributed by atoms with Crippen LogP contribution in [0.25, 0.3) is 0 Å². The average molecular weight is 426 g/mol. The molecule has 0 fully saturated rings. The van der Waals surface area contributed by atoms with E-state index in [4.69, 9.17) is 10.2 Å². The topological polar surface area (TPSA) is 74.6 Å². The van der Waals surface area contributed by atoms with Gasteiger partial charge in [-0.1, -0.05) is 59.8 Å². The molecule has 0 radical (unpaired) electrons. The molecular formula is C16H32BaO4. The molecule has 0 saturated heterocycles. The molecule has 0 bridgehead atoms. The summed E-state index contributed by atoms with van der Waals surface area (Å²) in [5.41, 5.74) is -0.0616. The summed E-state index contributed by atoms with van der Waals surface area (Å²) in [5.74, 6) is -3.60. The molecule has 0 amide bonds. The zero-order valence-electron chi connectivity index (χ0n) is 13.3. The predicted octanol–water partition coefficient (Wildman–Crippen LogP) is 3.27. The van der Waals surface area contributed by atoms with Crippen molar-refractivity contribution in [2.24, 2.45) is 17.3 Å². The SMILES string of the molecule is CCCCCCCC(CC(C(=O)O)C(=O)O)C(C)(C)C.[BaH2]. The summed E-state index contributed by atoms with van der Waals surface area (Å²) < 4.78 is 0. The Kier molecular flexibility index (Phi) is 13.6. The molecule has 1 unspecified atom stereocenters. The molecule has 4 nitrogen and oxygen atoms in total. The Labute approximate surface area is 169 Å². The molecule has 1 atom stereocenters. The van der Waals surface area contributed by atoms with E-state index < -0.39 is 17.9 Å². The van der Waals surface area contributed by atoms with Crippen molar-refractivity contribution in [3.05, 3.63) is 0 Å². The molecule has 0 aliphatic heterocycles. The first-order chi connectivity index (χ1) is 9.20.